The number of hydrogen-bond acceptors (Lipinski definition) is 3. The minimum atomic E-state index is -3.54. The highest BCUT2D eigenvalue weighted by atomic mass is 32.2. The van der Waals surface area contributed by atoms with Crippen LogP contribution in [-0.4, -0.2) is 31.1 Å². The number of rotatable bonds is 5. The Hall–Kier alpha value is -1.04. The molecule has 0 bridgehead atoms. The molecule has 4 nitrogen and oxygen atoms in total. The van der Waals surface area contributed by atoms with Crippen LogP contribution >= 0.6 is 0 Å². The van der Waals surface area contributed by atoms with Crippen LogP contribution in [0.2, 0.25) is 0 Å². The summed E-state index contributed by atoms with van der Waals surface area (Å²) in [5.74, 6) is 2.75. The van der Waals surface area contributed by atoms with Gasteiger partial charge >= 0.3 is 0 Å². The Labute approximate surface area is 90.9 Å². The molecule has 0 aromatic rings. The molecule has 0 aliphatic heterocycles. The first-order valence-corrected chi connectivity index (χ1v) is 6.34. The summed E-state index contributed by atoms with van der Waals surface area (Å²) >= 11 is 0. The van der Waals surface area contributed by atoms with E-state index in [1.54, 1.807) is 6.07 Å². The average molecular weight is 226 g/mol. The van der Waals surface area contributed by atoms with Crippen LogP contribution in [-0.2, 0) is 10.0 Å². The Balaban J connectivity index is 2.78. The van der Waals surface area contributed by atoms with E-state index in [1.807, 2.05) is 0 Å². The van der Waals surface area contributed by atoms with Gasteiger partial charge in [0.05, 0.1) is 12.6 Å². The Morgan fingerprint density at radius 3 is 2.60 bits per heavy atom. The van der Waals surface area contributed by atoms with Crippen molar-refractivity contribution in [3.05, 3.63) is 0 Å². The predicted octanol–water partition coefficient (Wildman–Crippen LogP) is 0.573. The molecular formula is C10H14N2O2S. The molecule has 1 atom stereocenters. The molecule has 1 unspecified atom stereocenters. The first kappa shape index (κ1) is 12.0. The standard InChI is InChI=1S/C10H14N2O2S/c1-3-6-12(8-10-4-5-10)15(13,14)9(2)7-11/h1,9-10H,4-6,8H2,2H3. The first-order chi connectivity index (χ1) is 7.02. The fourth-order valence-electron chi connectivity index (χ4n) is 1.24. The van der Waals surface area contributed by atoms with Gasteiger partial charge in [0.15, 0.2) is 5.25 Å². The van der Waals surface area contributed by atoms with Crippen LogP contribution in [0.3, 0.4) is 0 Å². The molecule has 0 spiro atoms. The van der Waals surface area contributed by atoms with Gasteiger partial charge in [-0.05, 0) is 25.7 Å². The average Bonchev–Trinajstić information content (AvgIpc) is 2.99. The smallest absolute Gasteiger partial charge is 0.211 e. The highest BCUT2D eigenvalue weighted by molar-refractivity contribution is 7.89. The fraction of sp³-hybridized carbons (Fsp3) is 0.700. The zero-order valence-electron chi connectivity index (χ0n) is 8.68. The quantitative estimate of drug-likeness (QED) is 0.644. The Bertz CT molecular complexity index is 398. The zero-order chi connectivity index (χ0) is 11.5. The second-order valence-electron chi connectivity index (χ2n) is 3.76. The maximum atomic E-state index is 11.8. The van der Waals surface area contributed by atoms with Gasteiger partial charge in [-0.25, -0.2) is 8.42 Å². The molecule has 0 saturated heterocycles. The second kappa shape index (κ2) is 4.65. The molecule has 1 aliphatic carbocycles. The van der Waals surface area contributed by atoms with Gasteiger partial charge in [0.1, 0.15) is 0 Å². The summed E-state index contributed by atoms with van der Waals surface area (Å²) in [6.45, 7) is 1.90. The van der Waals surface area contributed by atoms with E-state index in [0.717, 1.165) is 12.8 Å². The van der Waals surface area contributed by atoms with Crippen LogP contribution in [0.4, 0.5) is 0 Å². The number of nitrogens with zero attached hydrogens (tertiary/aromatic N) is 2. The normalized spacial score (nSPS) is 18.1. The number of sulfonamides is 1. The molecule has 0 amide bonds. The highest BCUT2D eigenvalue weighted by Crippen LogP contribution is 2.30. The molecule has 82 valence electrons. The Morgan fingerprint density at radius 1 is 1.60 bits per heavy atom. The van der Waals surface area contributed by atoms with E-state index >= 15 is 0 Å². The van der Waals surface area contributed by atoms with Gasteiger partial charge in [-0.3, -0.25) is 0 Å². The van der Waals surface area contributed by atoms with Crippen molar-refractivity contribution in [1.82, 2.24) is 4.31 Å². The van der Waals surface area contributed by atoms with E-state index in [2.05, 4.69) is 5.92 Å². The third-order valence-electron chi connectivity index (χ3n) is 2.41. The summed E-state index contributed by atoms with van der Waals surface area (Å²) in [6.07, 6.45) is 7.23. The van der Waals surface area contributed by atoms with Crippen LogP contribution in [0.5, 0.6) is 0 Å². The van der Waals surface area contributed by atoms with E-state index < -0.39 is 15.3 Å². The van der Waals surface area contributed by atoms with Gasteiger partial charge < -0.3 is 0 Å². The molecule has 0 heterocycles. The van der Waals surface area contributed by atoms with E-state index in [1.165, 1.54) is 11.2 Å². The molecule has 0 aromatic heterocycles. The van der Waals surface area contributed by atoms with Gasteiger partial charge in [0.25, 0.3) is 0 Å². The lowest BCUT2D eigenvalue weighted by molar-refractivity contribution is 0.427. The monoisotopic (exact) mass is 226 g/mol. The SMILES string of the molecule is C#CCN(CC1CC1)S(=O)(=O)C(C)C#N. The van der Waals surface area contributed by atoms with E-state index in [-0.39, 0.29) is 6.54 Å². The molecule has 0 N–H and O–H groups in total. The van der Waals surface area contributed by atoms with E-state index in [4.69, 9.17) is 11.7 Å². The third-order valence-corrected chi connectivity index (χ3v) is 4.41. The van der Waals surface area contributed by atoms with Crippen molar-refractivity contribution in [1.29, 1.82) is 5.26 Å². The largest absolute Gasteiger partial charge is 0.231 e. The van der Waals surface area contributed by atoms with Crippen molar-refractivity contribution in [3.63, 3.8) is 0 Å². The van der Waals surface area contributed by atoms with Gasteiger partial charge in [0, 0.05) is 6.54 Å². The van der Waals surface area contributed by atoms with Crippen molar-refractivity contribution in [2.24, 2.45) is 5.92 Å². The molecule has 1 fully saturated rings. The van der Waals surface area contributed by atoms with Crippen LogP contribution < -0.4 is 0 Å². The maximum absolute atomic E-state index is 11.8. The lowest BCUT2D eigenvalue weighted by atomic mass is 10.4. The third kappa shape index (κ3) is 2.95. The van der Waals surface area contributed by atoms with Crippen LogP contribution in [0.25, 0.3) is 0 Å². The summed E-state index contributed by atoms with van der Waals surface area (Å²) in [5.41, 5.74) is 0. The van der Waals surface area contributed by atoms with Crippen LogP contribution in [0.15, 0.2) is 0 Å². The van der Waals surface area contributed by atoms with Crippen LogP contribution in [0.1, 0.15) is 19.8 Å². The molecule has 5 heteroatoms. The Kier molecular flexibility index (Phi) is 3.73. The predicted molar refractivity (Wildman–Crippen MR) is 57.1 cm³/mol. The molecule has 1 aliphatic rings. The van der Waals surface area contributed by atoms with Crippen molar-refractivity contribution in [2.45, 2.75) is 25.0 Å². The molecule has 0 aromatic carbocycles. The molecule has 0 radical (unpaired) electrons. The first-order valence-electron chi connectivity index (χ1n) is 4.84. The Morgan fingerprint density at radius 2 is 2.20 bits per heavy atom. The van der Waals surface area contributed by atoms with Gasteiger partial charge in [-0.15, -0.1) is 6.42 Å². The topological polar surface area (TPSA) is 61.2 Å². The molecule has 1 rings (SSSR count). The number of hydrogen-bond donors (Lipinski definition) is 0. The van der Waals surface area contributed by atoms with Crippen molar-refractivity contribution in [3.8, 4) is 18.4 Å². The van der Waals surface area contributed by atoms with Gasteiger partial charge in [-0.2, -0.15) is 9.57 Å². The second-order valence-corrected chi connectivity index (χ2v) is 6.01. The zero-order valence-corrected chi connectivity index (χ0v) is 9.50. The summed E-state index contributed by atoms with van der Waals surface area (Å²) in [4.78, 5) is 0. The number of nitriles is 1. The molecule has 15 heavy (non-hydrogen) atoms. The minimum absolute atomic E-state index is 0.0604. The van der Waals surface area contributed by atoms with Crippen molar-refractivity contribution < 1.29 is 8.42 Å². The van der Waals surface area contributed by atoms with E-state index in [0.29, 0.717) is 12.5 Å². The maximum Gasteiger partial charge on any atom is 0.231 e. The van der Waals surface area contributed by atoms with Gasteiger partial charge in [-0.1, -0.05) is 5.92 Å². The molecule has 1 saturated carbocycles. The molecular weight excluding hydrogens is 212 g/mol. The fourth-order valence-corrected chi connectivity index (χ4v) is 2.49. The summed E-state index contributed by atoms with van der Waals surface area (Å²) in [7, 11) is -3.54. The highest BCUT2D eigenvalue weighted by Gasteiger charge is 2.33. The van der Waals surface area contributed by atoms with Crippen molar-refractivity contribution in [2.75, 3.05) is 13.1 Å². The summed E-state index contributed by atoms with van der Waals surface area (Å²) in [6, 6.07) is 1.74. The summed E-state index contributed by atoms with van der Waals surface area (Å²) < 4.78 is 24.9. The van der Waals surface area contributed by atoms with Gasteiger partial charge in [0.2, 0.25) is 10.0 Å². The minimum Gasteiger partial charge on any atom is -0.211 e. The van der Waals surface area contributed by atoms with Crippen molar-refractivity contribution >= 4 is 10.0 Å². The summed E-state index contributed by atoms with van der Waals surface area (Å²) in [5, 5.41) is 7.61. The number of terminal acetylenes is 1. The van der Waals surface area contributed by atoms with E-state index in [9.17, 15) is 8.42 Å². The lowest BCUT2D eigenvalue weighted by Gasteiger charge is -2.20. The lowest BCUT2D eigenvalue weighted by Crippen LogP contribution is -2.38. The van der Waals surface area contributed by atoms with Crippen LogP contribution in [0, 0.1) is 29.6 Å².